The molecule has 0 heterocycles. The molecule has 2 unspecified atom stereocenters. The molecule has 0 bridgehead atoms. The second kappa shape index (κ2) is 5.11. The van der Waals surface area contributed by atoms with Crippen molar-refractivity contribution in [2.24, 2.45) is 0 Å². The summed E-state index contributed by atoms with van der Waals surface area (Å²) < 4.78 is 5.02. The summed E-state index contributed by atoms with van der Waals surface area (Å²) in [7, 11) is 1.61. The Kier molecular flexibility index (Phi) is 4.84. The van der Waals surface area contributed by atoms with Gasteiger partial charge in [-0.1, -0.05) is 0 Å². The molecule has 3 heteroatoms. The fraction of sp³-hybridized carbons (Fsp3) is 0.875. The van der Waals surface area contributed by atoms with E-state index >= 15 is 0 Å². The van der Waals surface area contributed by atoms with Crippen molar-refractivity contribution in [1.82, 2.24) is 5.32 Å². The monoisotopic (exact) mass is 156 g/mol. The van der Waals surface area contributed by atoms with Crippen LogP contribution < -0.4 is 5.32 Å². The molecular weight excluding hydrogens is 140 g/mol. The number of nitriles is 1. The Bertz CT molecular complexity index is 140. The normalized spacial score (nSPS) is 16.0. The van der Waals surface area contributed by atoms with Crippen LogP contribution in [0.25, 0.3) is 0 Å². The topological polar surface area (TPSA) is 45.0 Å². The van der Waals surface area contributed by atoms with Gasteiger partial charge in [0.1, 0.15) is 6.04 Å². The molecule has 0 aliphatic heterocycles. The van der Waals surface area contributed by atoms with Gasteiger partial charge < -0.3 is 4.74 Å². The lowest BCUT2D eigenvalue weighted by Gasteiger charge is -2.19. The minimum Gasteiger partial charge on any atom is -0.379 e. The molecule has 0 radical (unpaired) electrons. The standard InChI is InChI=1S/C8H16N2O/c1-6(2)10-8(5-9)7(3)11-4/h6-8,10H,1-4H3. The van der Waals surface area contributed by atoms with Crippen molar-refractivity contribution >= 4 is 0 Å². The molecule has 2 atom stereocenters. The molecule has 0 aliphatic carbocycles. The van der Waals surface area contributed by atoms with Crippen molar-refractivity contribution in [3.8, 4) is 6.07 Å². The predicted octanol–water partition coefficient (Wildman–Crippen LogP) is 0.911. The lowest BCUT2D eigenvalue weighted by Crippen LogP contribution is -2.41. The van der Waals surface area contributed by atoms with E-state index in [-0.39, 0.29) is 12.1 Å². The van der Waals surface area contributed by atoms with Crippen LogP contribution in [-0.2, 0) is 4.74 Å². The average Bonchev–Trinajstić information content (AvgIpc) is 1.98. The Morgan fingerprint density at radius 2 is 1.91 bits per heavy atom. The summed E-state index contributed by atoms with van der Waals surface area (Å²) in [5.74, 6) is 0. The van der Waals surface area contributed by atoms with Crippen molar-refractivity contribution in [2.45, 2.75) is 39.0 Å². The fourth-order valence-electron chi connectivity index (χ4n) is 0.773. The second-order valence-electron chi connectivity index (χ2n) is 2.87. The van der Waals surface area contributed by atoms with Gasteiger partial charge in [0.15, 0.2) is 0 Å². The maximum Gasteiger partial charge on any atom is 0.122 e. The van der Waals surface area contributed by atoms with E-state index in [1.165, 1.54) is 0 Å². The highest BCUT2D eigenvalue weighted by Gasteiger charge is 2.15. The molecule has 64 valence electrons. The van der Waals surface area contributed by atoms with Crippen molar-refractivity contribution in [2.75, 3.05) is 7.11 Å². The van der Waals surface area contributed by atoms with Gasteiger partial charge in [0.05, 0.1) is 12.2 Å². The lowest BCUT2D eigenvalue weighted by atomic mass is 10.2. The zero-order chi connectivity index (χ0) is 8.85. The van der Waals surface area contributed by atoms with E-state index in [0.717, 1.165) is 0 Å². The predicted molar refractivity (Wildman–Crippen MR) is 44.1 cm³/mol. The Morgan fingerprint density at radius 3 is 2.18 bits per heavy atom. The van der Waals surface area contributed by atoms with Crippen LogP contribution >= 0.6 is 0 Å². The third-order valence-electron chi connectivity index (χ3n) is 1.49. The van der Waals surface area contributed by atoms with Gasteiger partial charge in [-0.2, -0.15) is 5.26 Å². The summed E-state index contributed by atoms with van der Waals surface area (Å²) in [5.41, 5.74) is 0. The van der Waals surface area contributed by atoms with E-state index in [1.807, 2.05) is 20.8 Å². The van der Waals surface area contributed by atoms with Crippen LogP contribution in [-0.4, -0.2) is 25.3 Å². The van der Waals surface area contributed by atoms with Crippen LogP contribution in [0.2, 0.25) is 0 Å². The number of hydrogen-bond donors (Lipinski definition) is 1. The first-order chi connectivity index (χ1) is 5.11. The van der Waals surface area contributed by atoms with Crippen molar-refractivity contribution in [1.29, 1.82) is 5.26 Å². The Balaban J connectivity index is 3.87. The van der Waals surface area contributed by atoms with Gasteiger partial charge in [-0.25, -0.2) is 0 Å². The third-order valence-corrected chi connectivity index (χ3v) is 1.49. The molecule has 0 aromatic heterocycles. The van der Waals surface area contributed by atoms with E-state index in [9.17, 15) is 0 Å². The van der Waals surface area contributed by atoms with Gasteiger partial charge in [-0.3, -0.25) is 5.32 Å². The molecule has 1 N–H and O–H groups in total. The van der Waals surface area contributed by atoms with Gasteiger partial charge in [0.2, 0.25) is 0 Å². The Morgan fingerprint density at radius 1 is 1.36 bits per heavy atom. The van der Waals surface area contributed by atoms with Crippen LogP contribution in [0.15, 0.2) is 0 Å². The van der Waals surface area contributed by atoms with Crippen molar-refractivity contribution < 1.29 is 4.74 Å². The Labute approximate surface area is 68.3 Å². The molecular formula is C8H16N2O. The SMILES string of the molecule is COC(C)C(C#N)NC(C)C. The highest BCUT2D eigenvalue weighted by Crippen LogP contribution is 1.97. The number of nitrogens with zero attached hydrogens (tertiary/aromatic N) is 1. The summed E-state index contributed by atoms with van der Waals surface area (Å²) in [6, 6.07) is 2.26. The molecule has 0 fully saturated rings. The minimum absolute atomic E-state index is 0.0533. The van der Waals surface area contributed by atoms with Crippen LogP contribution in [0.4, 0.5) is 0 Å². The van der Waals surface area contributed by atoms with Gasteiger partial charge in [-0.15, -0.1) is 0 Å². The molecule has 0 amide bonds. The van der Waals surface area contributed by atoms with Crippen LogP contribution in [0.1, 0.15) is 20.8 Å². The number of ether oxygens (including phenoxy) is 1. The molecule has 0 spiro atoms. The molecule has 0 saturated heterocycles. The van der Waals surface area contributed by atoms with Gasteiger partial charge in [-0.05, 0) is 20.8 Å². The summed E-state index contributed by atoms with van der Waals surface area (Å²) in [6.07, 6.45) is -0.0533. The summed E-state index contributed by atoms with van der Waals surface area (Å²) in [5, 5.41) is 11.8. The number of hydrogen-bond acceptors (Lipinski definition) is 3. The number of rotatable bonds is 4. The average molecular weight is 156 g/mol. The smallest absolute Gasteiger partial charge is 0.122 e. The summed E-state index contributed by atoms with van der Waals surface area (Å²) >= 11 is 0. The molecule has 0 rings (SSSR count). The van der Waals surface area contributed by atoms with Gasteiger partial charge >= 0.3 is 0 Å². The van der Waals surface area contributed by atoms with Crippen LogP contribution in [0.3, 0.4) is 0 Å². The van der Waals surface area contributed by atoms with Crippen molar-refractivity contribution in [3.63, 3.8) is 0 Å². The highest BCUT2D eigenvalue weighted by molar-refractivity contribution is 4.94. The fourth-order valence-corrected chi connectivity index (χ4v) is 0.773. The molecule has 0 aromatic rings. The Hall–Kier alpha value is -0.590. The molecule has 0 aliphatic rings. The lowest BCUT2D eigenvalue weighted by molar-refractivity contribution is 0.0965. The van der Waals surface area contributed by atoms with E-state index < -0.39 is 0 Å². The first kappa shape index (κ1) is 10.4. The summed E-state index contributed by atoms with van der Waals surface area (Å²) in [4.78, 5) is 0. The molecule has 0 saturated carbocycles. The van der Waals surface area contributed by atoms with Crippen LogP contribution in [0.5, 0.6) is 0 Å². The van der Waals surface area contributed by atoms with Crippen LogP contribution in [0, 0.1) is 11.3 Å². The van der Waals surface area contributed by atoms with Crippen molar-refractivity contribution in [3.05, 3.63) is 0 Å². The van der Waals surface area contributed by atoms with E-state index in [4.69, 9.17) is 10.00 Å². The second-order valence-corrected chi connectivity index (χ2v) is 2.87. The minimum atomic E-state index is -0.208. The molecule has 11 heavy (non-hydrogen) atoms. The van der Waals surface area contributed by atoms with E-state index in [2.05, 4.69) is 11.4 Å². The zero-order valence-corrected chi connectivity index (χ0v) is 7.59. The largest absolute Gasteiger partial charge is 0.379 e. The molecule has 3 nitrogen and oxygen atoms in total. The van der Waals surface area contributed by atoms with Gasteiger partial charge in [0.25, 0.3) is 0 Å². The van der Waals surface area contributed by atoms with E-state index in [0.29, 0.717) is 6.04 Å². The third kappa shape index (κ3) is 3.97. The van der Waals surface area contributed by atoms with E-state index in [1.54, 1.807) is 7.11 Å². The highest BCUT2D eigenvalue weighted by atomic mass is 16.5. The maximum absolute atomic E-state index is 8.68. The quantitative estimate of drug-likeness (QED) is 0.658. The summed E-state index contributed by atoms with van der Waals surface area (Å²) in [6.45, 7) is 5.89. The first-order valence-electron chi connectivity index (χ1n) is 3.80. The van der Waals surface area contributed by atoms with Gasteiger partial charge in [0, 0.05) is 13.2 Å². The zero-order valence-electron chi connectivity index (χ0n) is 7.59. The molecule has 0 aromatic carbocycles. The number of methoxy groups -OCH3 is 1. The maximum atomic E-state index is 8.68. The first-order valence-corrected chi connectivity index (χ1v) is 3.80. The number of nitrogens with one attached hydrogen (secondary N) is 1.